The summed E-state index contributed by atoms with van der Waals surface area (Å²) in [5, 5.41) is 3.79. The van der Waals surface area contributed by atoms with Gasteiger partial charge in [-0.2, -0.15) is 4.98 Å². The van der Waals surface area contributed by atoms with Crippen LogP contribution in [0.15, 0.2) is 6.20 Å². The second kappa shape index (κ2) is 6.14. The molecule has 6 heteroatoms. The van der Waals surface area contributed by atoms with E-state index in [0.717, 1.165) is 25.5 Å². The minimum atomic E-state index is 0.647. The van der Waals surface area contributed by atoms with Crippen LogP contribution >= 0.6 is 11.6 Å². The second-order valence-electron chi connectivity index (χ2n) is 5.53. The molecule has 0 aromatic carbocycles. The Hall–Kier alpha value is -1.07. The summed E-state index contributed by atoms with van der Waals surface area (Å²) < 4.78 is 0. The zero-order valence-corrected chi connectivity index (χ0v) is 12.7. The highest BCUT2D eigenvalue weighted by molar-refractivity contribution is 6.32. The fourth-order valence-corrected chi connectivity index (χ4v) is 3.37. The van der Waals surface area contributed by atoms with E-state index in [1.54, 1.807) is 6.20 Å². The Labute approximate surface area is 125 Å². The fourth-order valence-electron chi connectivity index (χ4n) is 3.16. The van der Waals surface area contributed by atoms with Gasteiger partial charge in [0.05, 0.1) is 6.20 Å². The van der Waals surface area contributed by atoms with Gasteiger partial charge in [0.2, 0.25) is 5.95 Å². The monoisotopic (exact) mass is 295 g/mol. The van der Waals surface area contributed by atoms with E-state index in [9.17, 15) is 0 Å². The van der Waals surface area contributed by atoms with Gasteiger partial charge in [-0.3, -0.25) is 4.90 Å². The van der Waals surface area contributed by atoms with Crippen molar-refractivity contribution in [2.24, 2.45) is 0 Å². The molecule has 3 rings (SSSR count). The summed E-state index contributed by atoms with van der Waals surface area (Å²) in [6, 6.07) is 0.658. The normalized spacial score (nSPS) is 23.5. The maximum atomic E-state index is 6.28. The van der Waals surface area contributed by atoms with Crippen LogP contribution in [0.3, 0.4) is 0 Å². The number of halogens is 1. The number of rotatable bonds is 4. The molecule has 1 N–H and O–H groups in total. The number of hydrogen-bond donors (Lipinski definition) is 1. The summed E-state index contributed by atoms with van der Waals surface area (Å²) >= 11 is 6.28. The van der Waals surface area contributed by atoms with Gasteiger partial charge >= 0.3 is 0 Å². The molecule has 0 aliphatic carbocycles. The first kappa shape index (κ1) is 13.9. The highest BCUT2D eigenvalue weighted by Crippen LogP contribution is 2.29. The van der Waals surface area contributed by atoms with Gasteiger partial charge in [0.25, 0.3) is 0 Å². The van der Waals surface area contributed by atoms with Gasteiger partial charge in [-0.05, 0) is 39.3 Å². The molecule has 0 spiro atoms. The van der Waals surface area contributed by atoms with Gasteiger partial charge in [0, 0.05) is 25.7 Å². The lowest BCUT2D eigenvalue weighted by molar-refractivity contribution is 0.260. The maximum absolute atomic E-state index is 6.28. The molecular weight excluding hydrogens is 274 g/mol. The first-order valence-corrected chi connectivity index (χ1v) is 7.91. The summed E-state index contributed by atoms with van der Waals surface area (Å²) in [5.41, 5.74) is 0. The molecule has 1 atom stereocenters. The minimum Gasteiger partial charge on any atom is -0.354 e. The third-order valence-corrected chi connectivity index (χ3v) is 4.45. The Balaban J connectivity index is 1.71. The molecule has 20 heavy (non-hydrogen) atoms. The molecule has 1 unspecified atom stereocenters. The molecule has 2 aliphatic heterocycles. The summed E-state index contributed by atoms with van der Waals surface area (Å²) in [4.78, 5) is 13.7. The zero-order chi connectivity index (χ0) is 13.9. The number of nitrogens with zero attached hydrogens (tertiary/aromatic N) is 4. The van der Waals surface area contributed by atoms with Crippen molar-refractivity contribution in [3.63, 3.8) is 0 Å². The molecule has 1 aromatic rings. The third-order valence-electron chi connectivity index (χ3n) is 4.18. The van der Waals surface area contributed by atoms with Crippen LogP contribution < -0.4 is 10.2 Å². The standard InChI is InChI=1S/C14H22ClN5/c1-2-16-14-17-9-12(15)13(18-14)20-8-5-11(10-20)19-6-3-4-7-19/h9,11H,2-8,10H2,1H3,(H,16,17,18). The first-order valence-electron chi connectivity index (χ1n) is 7.53. The van der Waals surface area contributed by atoms with Crippen molar-refractivity contribution >= 4 is 23.4 Å². The summed E-state index contributed by atoms with van der Waals surface area (Å²) in [6.07, 6.45) is 5.59. The van der Waals surface area contributed by atoms with Crippen molar-refractivity contribution in [2.45, 2.75) is 32.2 Å². The molecule has 0 saturated carbocycles. The van der Waals surface area contributed by atoms with Gasteiger partial charge in [-0.1, -0.05) is 11.6 Å². The molecule has 2 fully saturated rings. The molecule has 3 heterocycles. The van der Waals surface area contributed by atoms with E-state index in [4.69, 9.17) is 11.6 Å². The van der Waals surface area contributed by atoms with E-state index in [2.05, 4.69) is 25.1 Å². The third kappa shape index (κ3) is 2.83. The van der Waals surface area contributed by atoms with Crippen LogP contribution in [0.5, 0.6) is 0 Å². The summed E-state index contributed by atoms with van der Waals surface area (Å²) in [6.45, 7) is 7.41. The van der Waals surface area contributed by atoms with E-state index in [1.807, 2.05) is 6.92 Å². The highest BCUT2D eigenvalue weighted by atomic mass is 35.5. The molecule has 5 nitrogen and oxygen atoms in total. The number of nitrogens with one attached hydrogen (secondary N) is 1. The highest BCUT2D eigenvalue weighted by Gasteiger charge is 2.30. The zero-order valence-electron chi connectivity index (χ0n) is 12.0. The lowest BCUT2D eigenvalue weighted by Crippen LogP contribution is -2.35. The predicted octanol–water partition coefficient (Wildman–Crippen LogP) is 2.24. The minimum absolute atomic E-state index is 0.647. The van der Waals surface area contributed by atoms with Gasteiger partial charge in [0.15, 0.2) is 5.82 Å². The van der Waals surface area contributed by atoms with Crippen LogP contribution in [0, 0.1) is 0 Å². The predicted molar refractivity (Wildman–Crippen MR) is 82.6 cm³/mol. The molecule has 0 radical (unpaired) electrons. The molecule has 110 valence electrons. The van der Waals surface area contributed by atoms with Crippen LogP contribution in [0.25, 0.3) is 0 Å². The number of hydrogen-bond acceptors (Lipinski definition) is 5. The average Bonchev–Trinajstić information content (AvgIpc) is 3.11. The summed E-state index contributed by atoms with van der Waals surface area (Å²) in [5.74, 6) is 1.54. The van der Waals surface area contributed by atoms with Crippen LogP contribution in [0.1, 0.15) is 26.2 Å². The van der Waals surface area contributed by atoms with Crippen molar-refractivity contribution in [3.05, 3.63) is 11.2 Å². The number of likely N-dealkylation sites (tertiary alicyclic amines) is 1. The van der Waals surface area contributed by atoms with Crippen molar-refractivity contribution in [2.75, 3.05) is 42.9 Å². The largest absolute Gasteiger partial charge is 0.354 e. The van der Waals surface area contributed by atoms with Crippen LogP contribution in [-0.4, -0.2) is 53.6 Å². The molecule has 2 saturated heterocycles. The topological polar surface area (TPSA) is 44.3 Å². The van der Waals surface area contributed by atoms with Crippen molar-refractivity contribution in [3.8, 4) is 0 Å². The van der Waals surface area contributed by atoms with Crippen molar-refractivity contribution in [1.82, 2.24) is 14.9 Å². The van der Waals surface area contributed by atoms with Gasteiger partial charge in [0.1, 0.15) is 5.02 Å². The maximum Gasteiger partial charge on any atom is 0.224 e. The van der Waals surface area contributed by atoms with E-state index >= 15 is 0 Å². The Kier molecular flexibility index (Phi) is 4.27. The van der Waals surface area contributed by atoms with Crippen LogP contribution in [-0.2, 0) is 0 Å². The SMILES string of the molecule is CCNc1ncc(Cl)c(N2CCC(N3CCCC3)C2)n1. The van der Waals surface area contributed by atoms with E-state index in [1.165, 1.54) is 32.4 Å². The van der Waals surface area contributed by atoms with Gasteiger partial charge < -0.3 is 10.2 Å². The molecule has 0 bridgehead atoms. The Morgan fingerprint density at radius 2 is 2.15 bits per heavy atom. The fraction of sp³-hybridized carbons (Fsp3) is 0.714. The lowest BCUT2D eigenvalue weighted by Gasteiger charge is -2.24. The van der Waals surface area contributed by atoms with Crippen molar-refractivity contribution in [1.29, 1.82) is 0 Å². The van der Waals surface area contributed by atoms with E-state index < -0.39 is 0 Å². The lowest BCUT2D eigenvalue weighted by atomic mass is 10.2. The Morgan fingerprint density at radius 1 is 1.35 bits per heavy atom. The van der Waals surface area contributed by atoms with Crippen molar-refractivity contribution < 1.29 is 0 Å². The Bertz CT molecular complexity index is 461. The molecular formula is C14H22ClN5. The van der Waals surface area contributed by atoms with Crippen LogP contribution in [0.2, 0.25) is 5.02 Å². The quantitative estimate of drug-likeness (QED) is 0.923. The average molecular weight is 296 g/mol. The summed E-state index contributed by atoms with van der Waals surface area (Å²) in [7, 11) is 0. The van der Waals surface area contributed by atoms with Gasteiger partial charge in [-0.25, -0.2) is 4.98 Å². The number of aromatic nitrogens is 2. The first-order chi connectivity index (χ1) is 9.78. The van der Waals surface area contributed by atoms with Crippen LogP contribution in [0.4, 0.5) is 11.8 Å². The second-order valence-corrected chi connectivity index (χ2v) is 5.93. The molecule has 1 aromatic heterocycles. The van der Waals surface area contributed by atoms with E-state index in [-0.39, 0.29) is 0 Å². The van der Waals surface area contributed by atoms with Gasteiger partial charge in [-0.15, -0.1) is 0 Å². The number of anilines is 2. The molecule has 0 amide bonds. The van der Waals surface area contributed by atoms with E-state index in [0.29, 0.717) is 17.0 Å². The Morgan fingerprint density at radius 3 is 2.90 bits per heavy atom. The molecule has 2 aliphatic rings. The smallest absolute Gasteiger partial charge is 0.224 e.